The molecule has 0 aromatic rings. The Labute approximate surface area is 61.4 Å². The average molecular weight is 322 g/mol. The molecule has 0 amide bonds. The molecule has 0 bridgehead atoms. The number of quaternary nitrogens is 1. The van der Waals surface area contributed by atoms with E-state index in [0.717, 1.165) is 0 Å². The van der Waals surface area contributed by atoms with Crippen molar-refractivity contribution in [2.24, 2.45) is 0 Å². The summed E-state index contributed by atoms with van der Waals surface area (Å²) in [4.78, 5) is 0. The van der Waals surface area contributed by atoms with Crippen LogP contribution in [0.3, 0.4) is 0 Å². The van der Waals surface area contributed by atoms with Crippen LogP contribution >= 0.6 is 0 Å². The van der Waals surface area contributed by atoms with Crippen LogP contribution in [0.2, 0.25) is 0 Å². The summed E-state index contributed by atoms with van der Waals surface area (Å²) in [6, 6.07) is 0. The minimum Gasteiger partial charge on any atom is -0.726 e. The Morgan fingerprint density at radius 1 is 1.43 bits per heavy atom. The molecule has 5 N–H and O–H groups in total. The Morgan fingerprint density at radius 3 is 1.43 bits per heavy atom. The molecule has 4 radical (unpaired) electrons. The summed E-state index contributed by atoms with van der Waals surface area (Å²) >= 11 is 0. The van der Waals surface area contributed by atoms with E-state index in [9.17, 15) is 0 Å². The molecule has 0 unspecified atom stereocenters. The third-order valence-corrected chi connectivity index (χ3v) is 0. The number of rotatable bonds is 0. The monoisotopic (exact) mass is 323 g/mol. The summed E-state index contributed by atoms with van der Waals surface area (Å²) in [5.74, 6) is 0. The van der Waals surface area contributed by atoms with Crippen LogP contribution in [-0.2, 0) is 10.4 Å². The summed E-state index contributed by atoms with van der Waals surface area (Å²) in [5.41, 5.74) is 0. The van der Waals surface area contributed by atoms with E-state index in [0.29, 0.717) is 0 Å². The quantitative estimate of drug-likeness (QED) is 0.338. The van der Waals surface area contributed by atoms with Gasteiger partial charge in [-0.15, -0.1) is 0 Å². The van der Waals surface area contributed by atoms with E-state index in [2.05, 4.69) is 0 Å². The van der Waals surface area contributed by atoms with Gasteiger partial charge in [-0.2, -0.15) is 0 Å². The van der Waals surface area contributed by atoms with Gasteiger partial charge in [0.25, 0.3) is 0 Å². The van der Waals surface area contributed by atoms with Crippen LogP contribution in [0.15, 0.2) is 0 Å². The molecule has 5 nitrogen and oxygen atoms in total. The minimum absolute atomic E-state index is 0. The topological polar surface area (TPSA) is 114 Å². The van der Waals surface area contributed by atoms with Gasteiger partial charge in [0, 0.05) is 27.3 Å². The second kappa shape index (κ2) is 4.90. The normalized spacial score (nSPS) is 8.29. The molecule has 0 atom stereocenters. The van der Waals surface area contributed by atoms with Crippen LogP contribution in [0.5, 0.6) is 0 Å². The minimum atomic E-state index is -4.92. The van der Waals surface area contributed by atoms with Gasteiger partial charge in [0.2, 0.25) is 10.4 Å². The predicted octanol–water partition coefficient (Wildman–Crippen LogP) is -1.00. The molecule has 0 aliphatic carbocycles. The molecule has 0 aromatic carbocycles. The molecule has 0 aromatic heterocycles. The molecule has 0 spiro atoms. The molecule has 0 aliphatic rings. The first-order valence-corrected chi connectivity index (χ1v) is 2.05. The molecule has 0 saturated carbocycles. The van der Waals surface area contributed by atoms with Gasteiger partial charge in [0.1, 0.15) is 0 Å². The fourth-order valence-corrected chi connectivity index (χ4v) is 0. The van der Waals surface area contributed by atoms with Gasteiger partial charge in [-0.25, -0.2) is 8.42 Å². The van der Waals surface area contributed by atoms with E-state index >= 15 is 0 Å². The first-order chi connectivity index (χ1) is 2.00. The van der Waals surface area contributed by atoms with Crippen LogP contribution in [0.25, 0.3) is 0 Å². The Bertz CT molecular complexity index is 94.9. The van der Waals surface area contributed by atoms with Crippen LogP contribution < -0.4 is 6.15 Å². The van der Waals surface area contributed by atoms with Crippen molar-refractivity contribution in [2.45, 2.75) is 0 Å². The van der Waals surface area contributed by atoms with Crippen molar-refractivity contribution >= 4 is 37.7 Å². The zero-order valence-corrected chi connectivity index (χ0v) is 8.28. The summed E-state index contributed by atoms with van der Waals surface area (Å²) in [5, 5.41) is 0. The standard InChI is InChI=1S/H3N.H2O4S.Pb/c;1-5(2,3)4;/h1H3;(H2,1,2,3,4);. The Morgan fingerprint density at radius 2 is 1.43 bits per heavy atom. The summed E-state index contributed by atoms with van der Waals surface area (Å²) < 4.78 is 32.8. The average Bonchev–Trinajstić information content (AvgIpc) is 0.722. The third-order valence-electron chi connectivity index (χ3n) is 0. The maximum absolute atomic E-state index is 8.63. The molecular weight excluding hydrogens is 317 g/mol. The van der Waals surface area contributed by atoms with E-state index < -0.39 is 10.4 Å². The SMILES string of the molecule is O=S(=O)([O-])O.[NH4+].[Pb]. The number of hydrogen-bond donors (Lipinski definition) is 2. The van der Waals surface area contributed by atoms with Crippen LogP contribution in [0.1, 0.15) is 0 Å². The molecule has 0 rings (SSSR count). The second-order valence-electron chi connectivity index (χ2n) is 0.428. The van der Waals surface area contributed by atoms with Crippen molar-refractivity contribution < 1.29 is 17.5 Å². The molecule has 0 fully saturated rings. The van der Waals surface area contributed by atoms with Crippen molar-refractivity contribution in [3.05, 3.63) is 0 Å². The van der Waals surface area contributed by atoms with E-state index in [1.54, 1.807) is 0 Å². The maximum Gasteiger partial charge on any atom is 0.215 e. The maximum atomic E-state index is 8.63. The van der Waals surface area contributed by atoms with Gasteiger partial charge < -0.3 is 10.7 Å². The zero-order chi connectivity index (χ0) is 4.50. The van der Waals surface area contributed by atoms with Gasteiger partial charge in [-0.05, 0) is 0 Å². The largest absolute Gasteiger partial charge is 0.726 e. The van der Waals surface area contributed by atoms with Gasteiger partial charge in [-0.3, -0.25) is 4.55 Å². The van der Waals surface area contributed by atoms with Crippen molar-refractivity contribution in [2.75, 3.05) is 0 Å². The van der Waals surface area contributed by atoms with E-state index in [1.165, 1.54) is 0 Å². The van der Waals surface area contributed by atoms with Crippen LogP contribution in [0.4, 0.5) is 0 Å². The third kappa shape index (κ3) is 270. The second-order valence-corrected chi connectivity index (χ2v) is 1.28. The first-order valence-electron chi connectivity index (χ1n) is 0.683. The van der Waals surface area contributed by atoms with Gasteiger partial charge in [0.05, 0.1) is 0 Å². The zero-order valence-electron chi connectivity index (χ0n) is 3.58. The van der Waals surface area contributed by atoms with Crippen molar-refractivity contribution in [3.63, 3.8) is 0 Å². The predicted molar refractivity (Wildman–Crippen MR) is 24.1 cm³/mol. The van der Waals surface area contributed by atoms with Crippen molar-refractivity contribution in [1.29, 1.82) is 0 Å². The fourth-order valence-electron chi connectivity index (χ4n) is 0. The fraction of sp³-hybridized carbons (Fsp3) is 0. The van der Waals surface area contributed by atoms with Crippen molar-refractivity contribution in [3.8, 4) is 0 Å². The van der Waals surface area contributed by atoms with Gasteiger partial charge in [-0.1, -0.05) is 0 Å². The van der Waals surface area contributed by atoms with E-state index in [1.807, 2.05) is 0 Å². The van der Waals surface area contributed by atoms with Gasteiger partial charge >= 0.3 is 0 Å². The molecule has 0 heterocycles. The van der Waals surface area contributed by atoms with E-state index in [-0.39, 0.29) is 33.4 Å². The molecule has 44 valence electrons. The van der Waals surface area contributed by atoms with E-state index in [4.69, 9.17) is 17.5 Å². The summed E-state index contributed by atoms with van der Waals surface area (Å²) in [6.07, 6.45) is 0. The number of hydrogen-bond acceptors (Lipinski definition) is 3. The molecule has 0 saturated heterocycles. The Kier molecular flexibility index (Phi) is 11.0. The van der Waals surface area contributed by atoms with Crippen LogP contribution in [0, 0.1) is 0 Å². The Balaban J connectivity index is -0.0000000800. The molecular formula is H5NO4PbS. The van der Waals surface area contributed by atoms with Crippen LogP contribution in [-0.4, -0.2) is 44.8 Å². The summed E-state index contributed by atoms with van der Waals surface area (Å²) in [6.45, 7) is 0. The van der Waals surface area contributed by atoms with Crippen molar-refractivity contribution in [1.82, 2.24) is 6.15 Å². The smallest absolute Gasteiger partial charge is 0.215 e. The van der Waals surface area contributed by atoms with Gasteiger partial charge in [0.15, 0.2) is 0 Å². The Hall–Kier alpha value is 0.752. The molecule has 7 heteroatoms. The summed E-state index contributed by atoms with van der Waals surface area (Å²) in [7, 11) is -4.92. The molecule has 7 heavy (non-hydrogen) atoms. The first kappa shape index (κ1) is 15.7. The molecule has 0 aliphatic heterocycles.